The Labute approximate surface area is 447 Å². The Morgan fingerprint density at radius 3 is 1.78 bits per heavy atom. The van der Waals surface area contributed by atoms with Crippen LogP contribution in [-0.4, -0.2) is 14.1 Å². The SMILES string of the molecule is [2H]c1c([2H])c([2H])c(-c2cccc(-c3c([2H])c([2H])c([2H])c([2H])c3[2H])c2-[n+]2[c-]n(-c3[c-]c(N(c4[c-]c5c(cc4)c4ccccc4n5-c4cc(-c5ccccc5)ccn4)c4ccccc4)cc(-c4ccccc4)c3)c3ccccc32)c([2H])c1[2H].[Pt]. The standard InChI is InChI=1S/C66H43N5.Pt/c1-6-21-47(22-7-1)51-39-40-67-65(43-51)71-61-34-17-16-31-59(61)60-38-37-54(45-64(60)71)70(53-29-14-5-15-30-53)56-42-52(48-23-8-2-9-24-48)41-55(44-56)68-46-69(63-36-19-18-35-62(63)68)66-57(49-25-10-3-11-26-49)32-20-33-58(66)50-27-12-4-13-28-50;/h1-43H;/q-2;/i3D,4D,10D,11D,12D,13D,25D,26D,27D,28D;. The van der Waals surface area contributed by atoms with Gasteiger partial charge in [-0.2, -0.15) is 18.2 Å². The Morgan fingerprint density at radius 1 is 0.472 bits per heavy atom. The maximum Gasteiger partial charge on any atom is 0.268 e. The van der Waals surface area contributed by atoms with Crippen molar-refractivity contribution >= 4 is 49.9 Å². The number of rotatable bonds is 10. The monoisotopic (exact) mass is 1110 g/mol. The molecule has 0 amide bonds. The van der Waals surface area contributed by atoms with E-state index in [0.717, 1.165) is 55.6 Å². The van der Waals surface area contributed by atoms with Crippen LogP contribution in [0, 0.1) is 18.5 Å². The van der Waals surface area contributed by atoms with Crippen molar-refractivity contribution in [2.75, 3.05) is 4.90 Å². The summed E-state index contributed by atoms with van der Waals surface area (Å²) in [7, 11) is 0. The molecule has 0 aliphatic rings. The molecule has 0 saturated carbocycles. The summed E-state index contributed by atoms with van der Waals surface area (Å²) in [5, 5.41) is 2.03. The van der Waals surface area contributed by atoms with Crippen molar-refractivity contribution in [3.63, 3.8) is 0 Å². The van der Waals surface area contributed by atoms with Crippen molar-refractivity contribution in [3.8, 4) is 61.7 Å². The number of nitrogens with zero attached hydrogens (tertiary/aromatic N) is 5. The molecule has 13 aromatic rings. The summed E-state index contributed by atoms with van der Waals surface area (Å²) in [6, 6.07) is 65.4. The van der Waals surface area contributed by atoms with E-state index in [0.29, 0.717) is 28.1 Å². The van der Waals surface area contributed by atoms with Crippen LogP contribution >= 0.6 is 0 Å². The van der Waals surface area contributed by atoms with Crippen molar-refractivity contribution in [2.24, 2.45) is 0 Å². The zero-order valence-corrected chi connectivity index (χ0v) is 40.4. The Balaban J connectivity index is 0.00000665. The van der Waals surface area contributed by atoms with Gasteiger partial charge in [0.15, 0.2) is 0 Å². The van der Waals surface area contributed by atoms with E-state index in [2.05, 4.69) is 76.5 Å². The predicted molar refractivity (Wildman–Crippen MR) is 290 cm³/mol. The normalized spacial score (nSPS) is 13.2. The molecule has 344 valence electrons. The van der Waals surface area contributed by atoms with Gasteiger partial charge in [-0.3, -0.25) is 4.57 Å². The van der Waals surface area contributed by atoms with Crippen LogP contribution < -0.4 is 9.47 Å². The molecule has 0 aliphatic heterocycles. The predicted octanol–water partition coefficient (Wildman–Crippen LogP) is 15.9. The molecular formula is C66H43N5Pt-2. The van der Waals surface area contributed by atoms with Crippen LogP contribution in [0.5, 0.6) is 0 Å². The number of para-hydroxylation sites is 5. The van der Waals surface area contributed by atoms with Crippen molar-refractivity contribution in [1.29, 1.82) is 0 Å². The maximum atomic E-state index is 9.20. The van der Waals surface area contributed by atoms with E-state index in [4.69, 9.17) is 13.2 Å². The molecule has 72 heavy (non-hydrogen) atoms. The third kappa shape index (κ3) is 8.00. The topological polar surface area (TPSA) is 29.9 Å². The molecule has 0 fully saturated rings. The molecule has 6 heteroatoms. The van der Waals surface area contributed by atoms with Crippen LogP contribution in [0.25, 0.3) is 94.5 Å². The Hall–Kier alpha value is -8.89. The van der Waals surface area contributed by atoms with Gasteiger partial charge < -0.3 is 14.0 Å². The zero-order chi connectivity index (χ0) is 55.8. The van der Waals surface area contributed by atoms with Crippen LogP contribution in [0.3, 0.4) is 0 Å². The van der Waals surface area contributed by atoms with E-state index in [1.54, 1.807) is 22.8 Å². The first kappa shape index (κ1) is 34.4. The first-order valence-corrected chi connectivity index (χ1v) is 23.1. The second-order valence-corrected chi connectivity index (χ2v) is 16.9. The number of benzene rings is 10. The number of aromatic nitrogens is 4. The van der Waals surface area contributed by atoms with E-state index < -0.39 is 60.4 Å². The molecule has 10 aromatic carbocycles. The van der Waals surface area contributed by atoms with Gasteiger partial charge >= 0.3 is 0 Å². The number of fused-ring (bicyclic) bond motifs is 4. The molecule has 0 spiro atoms. The fraction of sp³-hybridized carbons (Fsp3) is 0. The average Bonchev–Trinajstić information content (AvgIpc) is 2.90. The van der Waals surface area contributed by atoms with Gasteiger partial charge in [-0.1, -0.05) is 217 Å². The molecule has 0 saturated heterocycles. The van der Waals surface area contributed by atoms with E-state index in [1.807, 2.05) is 138 Å². The molecule has 0 N–H and O–H groups in total. The summed E-state index contributed by atoms with van der Waals surface area (Å²) < 4.78 is 94.3. The summed E-state index contributed by atoms with van der Waals surface area (Å²) >= 11 is 0. The number of imidazole rings is 1. The largest absolute Gasteiger partial charge is 0.359 e. The van der Waals surface area contributed by atoms with Gasteiger partial charge in [0.05, 0.1) is 30.4 Å². The van der Waals surface area contributed by atoms with Gasteiger partial charge in [0.1, 0.15) is 5.82 Å². The molecule has 0 aliphatic carbocycles. The van der Waals surface area contributed by atoms with Crippen LogP contribution in [0.1, 0.15) is 13.7 Å². The van der Waals surface area contributed by atoms with Gasteiger partial charge in [-0.25, -0.2) is 4.98 Å². The van der Waals surface area contributed by atoms with Crippen LogP contribution in [0.2, 0.25) is 0 Å². The smallest absolute Gasteiger partial charge is 0.268 e. The minimum atomic E-state index is -0.576. The van der Waals surface area contributed by atoms with Gasteiger partial charge in [0.2, 0.25) is 0 Å². The van der Waals surface area contributed by atoms with Crippen LogP contribution in [0.4, 0.5) is 17.1 Å². The molecule has 3 heterocycles. The Morgan fingerprint density at radius 2 is 1.08 bits per heavy atom. The molecule has 0 bridgehead atoms. The summed E-state index contributed by atoms with van der Waals surface area (Å²) in [4.78, 5) is 7.06. The minimum Gasteiger partial charge on any atom is -0.359 e. The molecule has 0 atom stereocenters. The summed E-state index contributed by atoms with van der Waals surface area (Å²) in [6.07, 6.45) is 5.40. The van der Waals surface area contributed by atoms with E-state index in [9.17, 15) is 5.48 Å². The van der Waals surface area contributed by atoms with E-state index in [1.165, 1.54) is 0 Å². The Bertz CT molecular complexity index is 4520. The van der Waals surface area contributed by atoms with E-state index >= 15 is 0 Å². The average molecular weight is 1110 g/mol. The molecule has 5 nitrogen and oxygen atoms in total. The van der Waals surface area contributed by atoms with Crippen molar-refractivity contribution in [1.82, 2.24) is 14.1 Å². The van der Waals surface area contributed by atoms with Gasteiger partial charge in [-0.15, -0.1) is 29.1 Å². The molecule has 0 radical (unpaired) electrons. The Kier molecular flexibility index (Phi) is 9.14. The van der Waals surface area contributed by atoms with Gasteiger partial charge in [-0.05, 0) is 80.3 Å². The summed E-state index contributed by atoms with van der Waals surface area (Å²) in [5.41, 5.74) is 9.60. The van der Waals surface area contributed by atoms with Crippen molar-refractivity contribution < 1.29 is 39.3 Å². The molecule has 3 aromatic heterocycles. The van der Waals surface area contributed by atoms with Gasteiger partial charge in [0, 0.05) is 38.5 Å². The van der Waals surface area contributed by atoms with Crippen molar-refractivity contribution in [3.05, 3.63) is 279 Å². The van der Waals surface area contributed by atoms with Crippen LogP contribution in [0.15, 0.2) is 261 Å². The quantitative estimate of drug-likeness (QED) is 0.101. The van der Waals surface area contributed by atoms with Crippen molar-refractivity contribution in [2.45, 2.75) is 0 Å². The minimum absolute atomic E-state index is 0. The number of pyridine rings is 1. The third-order valence-corrected chi connectivity index (χ3v) is 12.7. The first-order valence-electron chi connectivity index (χ1n) is 28.1. The first-order chi connectivity index (χ1) is 39.4. The molecular weight excluding hydrogens is 1060 g/mol. The maximum absolute atomic E-state index is 9.20. The van der Waals surface area contributed by atoms with Gasteiger partial charge in [0.25, 0.3) is 6.33 Å². The number of hydrogen-bond acceptors (Lipinski definition) is 2. The molecule has 13 rings (SSSR count). The summed E-state index contributed by atoms with van der Waals surface area (Å²) in [6.45, 7) is 0. The second kappa shape index (κ2) is 19.1. The summed E-state index contributed by atoms with van der Waals surface area (Å²) in [5.74, 6) is 0.730. The third-order valence-electron chi connectivity index (χ3n) is 12.7. The van der Waals surface area contributed by atoms with Crippen LogP contribution in [-0.2, 0) is 21.1 Å². The fourth-order valence-corrected chi connectivity index (χ4v) is 9.53. The molecule has 0 unspecified atom stereocenters. The second-order valence-electron chi connectivity index (χ2n) is 16.9. The number of hydrogen-bond donors (Lipinski definition) is 0. The number of anilines is 3. The zero-order valence-electron chi connectivity index (χ0n) is 48.1. The van der Waals surface area contributed by atoms with E-state index in [-0.39, 0.29) is 49.0 Å². The fourth-order valence-electron chi connectivity index (χ4n) is 9.53.